The maximum atomic E-state index is 12.4. The molecule has 2 amide bonds. The number of phenols is 1. The average molecular weight is 445 g/mol. The Balaban J connectivity index is 1.79. The summed E-state index contributed by atoms with van der Waals surface area (Å²) < 4.78 is 5.34. The van der Waals surface area contributed by atoms with Crippen LogP contribution in [0, 0.1) is 10.1 Å². The number of hydrogen-bond acceptors (Lipinski definition) is 8. The van der Waals surface area contributed by atoms with Gasteiger partial charge in [-0.15, -0.1) is 0 Å². The van der Waals surface area contributed by atoms with Gasteiger partial charge in [-0.25, -0.2) is 0 Å². The molecule has 0 aliphatic carbocycles. The van der Waals surface area contributed by atoms with E-state index in [-0.39, 0.29) is 22.0 Å². The fraction of sp³-hybridized carbons (Fsp3) is 0.105. The minimum atomic E-state index is -0.709. The molecule has 11 heteroatoms. The zero-order valence-corrected chi connectivity index (χ0v) is 17.2. The third-order valence-electron chi connectivity index (χ3n) is 3.91. The molecule has 1 aliphatic heterocycles. The van der Waals surface area contributed by atoms with Crippen LogP contribution in [0.2, 0.25) is 0 Å². The van der Waals surface area contributed by atoms with Gasteiger partial charge in [0.15, 0.2) is 11.5 Å². The molecule has 154 valence electrons. The van der Waals surface area contributed by atoms with Crippen molar-refractivity contribution in [2.45, 2.75) is 6.92 Å². The number of carbonyl (C=O) groups is 2. The van der Waals surface area contributed by atoms with Crippen LogP contribution in [0.5, 0.6) is 11.5 Å². The highest BCUT2D eigenvalue weighted by Crippen LogP contribution is 2.34. The van der Waals surface area contributed by atoms with Crippen LogP contribution < -0.4 is 10.2 Å². The summed E-state index contributed by atoms with van der Waals surface area (Å²) in [5, 5.41) is 21.1. The van der Waals surface area contributed by atoms with Gasteiger partial charge in [0.05, 0.1) is 16.4 Å². The van der Waals surface area contributed by atoms with E-state index in [2.05, 4.69) is 5.43 Å². The van der Waals surface area contributed by atoms with E-state index < -0.39 is 16.1 Å². The van der Waals surface area contributed by atoms with E-state index in [0.29, 0.717) is 22.8 Å². The van der Waals surface area contributed by atoms with E-state index >= 15 is 0 Å². The number of nitro benzene ring substituents is 1. The highest BCUT2D eigenvalue weighted by molar-refractivity contribution is 8.19. The largest absolute Gasteiger partial charge is 0.504 e. The number of phenolic OH excluding ortho intramolecular Hbond substituents is 1. The fourth-order valence-electron chi connectivity index (χ4n) is 2.53. The number of nitro groups is 1. The summed E-state index contributed by atoms with van der Waals surface area (Å²) in [5.74, 6) is -0.426. The van der Waals surface area contributed by atoms with Gasteiger partial charge in [-0.3, -0.25) is 25.1 Å². The number of nitrogens with zero attached hydrogens (tertiary/aromatic N) is 2. The molecule has 0 saturated carbocycles. The summed E-state index contributed by atoms with van der Waals surface area (Å²) in [7, 11) is 0. The topological polar surface area (TPSA) is 122 Å². The molecule has 9 nitrogen and oxygen atoms in total. The number of hydrogen-bond donors (Lipinski definition) is 2. The fourth-order valence-corrected chi connectivity index (χ4v) is 3.69. The van der Waals surface area contributed by atoms with Gasteiger partial charge in [-0.05, 0) is 48.5 Å². The lowest BCUT2D eigenvalue weighted by molar-refractivity contribution is -0.384. The van der Waals surface area contributed by atoms with Crippen molar-refractivity contribution in [1.82, 2.24) is 10.4 Å². The normalized spacial score (nSPS) is 14.8. The van der Waals surface area contributed by atoms with Crippen molar-refractivity contribution in [3.05, 3.63) is 68.6 Å². The number of hydrazine groups is 1. The van der Waals surface area contributed by atoms with E-state index in [1.54, 1.807) is 25.1 Å². The van der Waals surface area contributed by atoms with Crippen molar-refractivity contribution in [2.75, 3.05) is 6.61 Å². The van der Waals surface area contributed by atoms with Gasteiger partial charge >= 0.3 is 5.24 Å². The number of thiocarbonyl (C=S) groups is 1. The van der Waals surface area contributed by atoms with Crippen LogP contribution in [0.15, 0.2) is 47.4 Å². The van der Waals surface area contributed by atoms with Crippen LogP contribution in [-0.2, 0) is 0 Å². The molecule has 0 unspecified atom stereocenters. The van der Waals surface area contributed by atoms with Crippen molar-refractivity contribution >= 4 is 51.9 Å². The lowest BCUT2D eigenvalue weighted by Crippen LogP contribution is -2.44. The van der Waals surface area contributed by atoms with Crippen molar-refractivity contribution in [3.63, 3.8) is 0 Å². The Bertz CT molecular complexity index is 1090. The Hall–Kier alpha value is -3.44. The third kappa shape index (κ3) is 4.58. The summed E-state index contributed by atoms with van der Waals surface area (Å²) in [6.07, 6.45) is 1.63. The number of amides is 2. The number of aromatic hydroxyl groups is 1. The zero-order valence-electron chi connectivity index (χ0n) is 15.5. The van der Waals surface area contributed by atoms with E-state index in [1.807, 2.05) is 0 Å². The van der Waals surface area contributed by atoms with Gasteiger partial charge in [-0.1, -0.05) is 24.4 Å². The second-order valence-corrected chi connectivity index (χ2v) is 7.31. The number of benzene rings is 2. The zero-order chi connectivity index (χ0) is 21.8. The van der Waals surface area contributed by atoms with E-state index in [9.17, 15) is 24.8 Å². The van der Waals surface area contributed by atoms with Gasteiger partial charge in [0.2, 0.25) is 0 Å². The summed E-state index contributed by atoms with van der Waals surface area (Å²) in [5.41, 5.74) is 2.78. The monoisotopic (exact) mass is 445 g/mol. The van der Waals surface area contributed by atoms with Gasteiger partial charge in [-0.2, -0.15) is 5.01 Å². The second-order valence-electron chi connectivity index (χ2n) is 5.93. The summed E-state index contributed by atoms with van der Waals surface area (Å²) in [4.78, 5) is 35.5. The SMILES string of the molecule is CCOc1cc(C=C2SC(=O)N(NC(=O)c3cccc([N+](=O)[O-])c3)C2=S)ccc1O. The van der Waals surface area contributed by atoms with Crippen LogP contribution in [0.3, 0.4) is 0 Å². The Morgan fingerprint density at radius 1 is 1.37 bits per heavy atom. The Morgan fingerprint density at radius 2 is 2.13 bits per heavy atom. The molecule has 2 aromatic carbocycles. The highest BCUT2D eigenvalue weighted by Gasteiger charge is 2.33. The average Bonchev–Trinajstić information content (AvgIpc) is 2.98. The summed E-state index contributed by atoms with van der Waals surface area (Å²) >= 11 is 6.12. The molecule has 1 heterocycles. The highest BCUT2D eigenvalue weighted by atomic mass is 32.2. The van der Waals surface area contributed by atoms with Gasteiger partial charge < -0.3 is 9.84 Å². The molecular formula is C19H15N3O6S2. The second kappa shape index (κ2) is 8.93. The van der Waals surface area contributed by atoms with Crippen molar-refractivity contribution in [1.29, 1.82) is 0 Å². The first-order valence-corrected chi connectivity index (χ1v) is 9.82. The first-order chi connectivity index (χ1) is 14.3. The van der Waals surface area contributed by atoms with Crippen LogP contribution in [0.4, 0.5) is 10.5 Å². The summed E-state index contributed by atoms with van der Waals surface area (Å²) in [6.45, 7) is 2.16. The molecule has 30 heavy (non-hydrogen) atoms. The Kier molecular flexibility index (Phi) is 6.33. The minimum absolute atomic E-state index is 0.0115. The van der Waals surface area contributed by atoms with Crippen LogP contribution in [0.1, 0.15) is 22.8 Å². The number of non-ortho nitro benzene ring substituents is 1. The molecule has 0 aromatic heterocycles. The van der Waals surface area contributed by atoms with Crippen LogP contribution in [-0.4, -0.2) is 37.8 Å². The molecule has 2 N–H and O–H groups in total. The third-order valence-corrected chi connectivity index (χ3v) is 5.33. The first kappa shape index (κ1) is 21.3. The van der Waals surface area contributed by atoms with Crippen molar-refractivity contribution in [3.8, 4) is 11.5 Å². The maximum absolute atomic E-state index is 12.4. The smallest absolute Gasteiger partial charge is 0.310 e. The van der Waals surface area contributed by atoms with E-state index in [1.165, 1.54) is 24.3 Å². The lowest BCUT2D eigenvalue weighted by Gasteiger charge is -2.15. The van der Waals surface area contributed by atoms with Gasteiger partial charge in [0, 0.05) is 17.7 Å². The summed E-state index contributed by atoms with van der Waals surface area (Å²) in [6, 6.07) is 9.82. The van der Waals surface area contributed by atoms with Crippen molar-refractivity contribution in [2.24, 2.45) is 0 Å². The molecule has 0 atom stereocenters. The number of nitrogens with one attached hydrogen (secondary N) is 1. The van der Waals surface area contributed by atoms with E-state index in [4.69, 9.17) is 17.0 Å². The van der Waals surface area contributed by atoms with Gasteiger partial charge in [0.25, 0.3) is 11.6 Å². The maximum Gasteiger partial charge on any atom is 0.310 e. The lowest BCUT2D eigenvalue weighted by atomic mass is 10.2. The predicted octanol–water partition coefficient (Wildman–Crippen LogP) is 3.88. The number of thioether (sulfide) groups is 1. The molecule has 3 rings (SSSR count). The quantitative estimate of drug-likeness (QED) is 0.297. The molecule has 0 spiro atoms. The Morgan fingerprint density at radius 3 is 2.83 bits per heavy atom. The molecule has 1 aliphatic rings. The van der Waals surface area contributed by atoms with Crippen LogP contribution in [0.25, 0.3) is 6.08 Å². The molecule has 0 radical (unpaired) electrons. The van der Waals surface area contributed by atoms with Gasteiger partial charge in [0.1, 0.15) is 4.99 Å². The molecule has 0 bridgehead atoms. The standard InChI is InChI=1S/C19H15N3O6S2/c1-2-28-15-8-11(6-7-14(15)23)9-16-18(29)21(19(25)30-16)20-17(24)12-4-3-5-13(10-12)22(26)27/h3-10,23H,2H2,1H3,(H,20,24). The first-order valence-electron chi connectivity index (χ1n) is 8.59. The molecular weight excluding hydrogens is 430 g/mol. The Labute approximate surface area is 180 Å². The van der Waals surface area contributed by atoms with Crippen LogP contribution >= 0.6 is 24.0 Å². The molecule has 1 saturated heterocycles. The minimum Gasteiger partial charge on any atom is -0.504 e. The predicted molar refractivity (Wildman–Crippen MR) is 115 cm³/mol. The number of carbonyl (C=O) groups excluding carboxylic acids is 2. The molecule has 2 aromatic rings. The van der Waals surface area contributed by atoms with E-state index in [0.717, 1.165) is 22.8 Å². The number of rotatable bonds is 6. The van der Waals surface area contributed by atoms with Crippen molar-refractivity contribution < 1.29 is 24.4 Å². The molecule has 1 fully saturated rings. The number of ether oxygens (including phenoxy) is 1.